The highest BCUT2D eigenvalue weighted by atomic mass is 35.5. The van der Waals surface area contributed by atoms with Gasteiger partial charge in [-0.2, -0.15) is 10.1 Å². The number of ether oxygens (including phenoxy) is 2. The van der Waals surface area contributed by atoms with Crippen molar-refractivity contribution in [1.82, 2.24) is 19.9 Å². The first-order chi connectivity index (χ1) is 13.6. The molecule has 0 saturated carbocycles. The van der Waals surface area contributed by atoms with Crippen molar-refractivity contribution in [2.24, 2.45) is 0 Å². The zero-order chi connectivity index (χ0) is 19.5. The first-order valence-electron chi connectivity index (χ1n) is 8.22. The third-order valence-electron chi connectivity index (χ3n) is 3.93. The molecule has 0 aliphatic heterocycles. The van der Waals surface area contributed by atoms with Crippen molar-refractivity contribution in [1.29, 1.82) is 0 Å². The maximum atomic E-state index is 6.08. The largest absolute Gasteiger partial charge is 0.496 e. The van der Waals surface area contributed by atoms with E-state index in [2.05, 4.69) is 15.2 Å². The maximum absolute atomic E-state index is 6.08. The van der Waals surface area contributed by atoms with Crippen LogP contribution in [0.25, 0.3) is 23.0 Å². The minimum Gasteiger partial charge on any atom is -0.496 e. The maximum Gasteiger partial charge on any atom is 0.276 e. The van der Waals surface area contributed by atoms with Crippen LogP contribution in [0.3, 0.4) is 0 Å². The standard InChI is InChI=1S/C19H14Cl2N4O3/c1-26-17-7-4-13(21)10-15(17)18-23-19(28-24-18)16-8-9-22-25(16)11-27-14-5-2-12(20)3-6-14/h2-10H,11H2,1H3. The number of nitrogens with zero attached hydrogens (tertiary/aromatic N) is 4. The predicted molar refractivity (Wildman–Crippen MR) is 105 cm³/mol. The van der Waals surface area contributed by atoms with Gasteiger partial charge >= 0.3 is 0 Å². The smallest absolute Gasteiger partial charge is 0.276 e. The molecule has 4 rings (SSSR count). The van der Waals surface area contributed by atoms with Crippen molar-refractivity contribution in [3.63, 3.8) is 0 Å². The summed E-state index contributed by atoms with van der Waals surface area (Å²) in [5.41, 5.74) is 1.25. The molecule has 9 heteroatoms. The van der Waals surface area contributed by atoms with Crippen LogP contribution in [0.2, 0.25) is 10.0 Å². The molecule has 2 heterocycles. The summed E-state index contributed by atoms with van der Waals surface area (Å²) in [5, 5.41) is 9.47. The van der Waals surface area contributed by atoms with Gasteiger partial charge in [0, 0.05) is 16.2 Å². The summed E-state index contributed by atoms with van der Waals surface area (Å²) < 4.78 is 18.1. The number of halogens is 2. The van der Waals surface area contributed by atoms with Crippen molar-refractivity contribution < 1.29 is 14.0 Å². The molecule has 2 aromatic heterocycles. The number of methoxy groups -OCH3 is 1. The Bertz CT molecular complexity index is 1090. The first kappa shape index (κ1) is 18.3. The molecule has 0 saturated heterocycles. The lowest BCUT2D eigenvalue weighted by Crippen LogP contribution is -2.08. The van der Waals surface area contributed by atoms with Crippen LogP contribution in [0, 0.1) is 0 Å². The van der Waals surface area contributed by atoms with Gasteiger partial charge in [0.2, 0.25) is 5.82 Å². The molecule has 4 aromatic rings. The highest BCUT2D eigenvalue weighted by Gasteiger charge is 2.18. The molecule has 2 aromatic carbocycles. The van der Waals surface area contributed by atoms with E-state index in [1.54, 1.807) is 66.5 Å². The Kier molecular flexibility index (Phi) is 5.18. The normalized spacial score (nSPS) is 10.8. The third kappa shape index (κ3) is 3.81. The van der Waals surface area contributed by atoms with Crippen molar-refractivity contribution in [3.8, 4) is 34.5 Å². The van der Waals surface area contributed by atoms with E-state index in [0.29, 0.717) is 44.5 Å². The van der Waals surface area contributed by atoms with Gasteiger partial charge in [0.1, 0.15) is 17.2 Å². The van der Waals surface area contributed by atoms with Gasteiger partial charge in [-0.1, -0.05) is 28.4 Å². The molecule has 0 fully saturated rings. The average Bonchev–Trinajstić information content (AvgIpc) is 3.36. The minimum absolute atomic E-state index is 0.169. The van der Waals surface area contributed by atoms with E-state index >= 15 is 0 Å². The van der Waals surface area contributed by atoms with E-state index < -0.39 is 0 Å². The molecule has 0 spiro atoms. The van der Waals surface area contributed by atoms with Gasteiger partial charge in [0.05, 0.1) is 12.7 Å². The number of hydrogen-bond donors (Lipinski definition) is 0. The van der Waals surface area contributed by atoms with Gasteiger partial charge in [-0.05, 0) is 48.5 Å². The Morgan fingerprint density at radius 2 is 1.82 bits per heavy atom. The third-order valence-corrected chi connectivity index (χ3v) is 4.42. The molecule has 0 N–H and O–H groups in total. The summed E-state index contributed by atoms with van der Waals surface area (Å²) >= 11 is 12.0. The second-order valence-corrected chi connectivity index (χ2v) is 6.58. The molecule has 142 valence electrons. The lowest BCUT2D eigenvalue weighted by atomic mass is 10.2. The van der Waals surface area contributed by atoms with Crippen LogP contribution in [-0.2, 0) is 6.73 Å². The van der Waals surface area contributed by atoms with Crippen molar-refractivity contribution in [3.05, 3.63) is 64.8 Å². The number of rotatable bonds is 6. The fourth-order valence-corrected chi connectivity index (χ4v) is 2.87. The molecule has 0 aliphatic carbocycles. The van der Waals surface area contributed by atoms with Crippen LogP contribution in [0.4, 0.5) is 0 Å². The monoisotopic (exact) mass is 416 g/mol. The Hall–Kier alpha value is -3.03. The van der Waals surface area contributed by atoms with Gasteiger partial charge in [-0.15, -0.1) is 0 Å². The van der Waals surface area contributed by atoms with Crippen molar-refractivity contribution in [2.75, 3.05) is 7.11 Å². The first-order valence-corrected chi connectivity index (χ1v) is 8.98. The van der Waals surface area contributed by atoms with E-state index in [1.165, 1.54) is 0 Å². The summed E-state index contributed by atoms with van der Waals surface area (Å²) in [6.45, 7) is 0.169. The van der Waals surface area contributed by atoms with Crippen LogP contribution in [0.5, 0.6) is 11.5 Å². The Balaban J connectivity index is 1.58. The molecule has 0 bridgehead atoms. The van der Waals surface area contributed by atoms with Crippen LogP contribution < -0.4 is 9.47 Å². The molecule has 28 heavy (non-hydrogen) atoms. The minimum atomic E-state index is 0.169. The number of hydrogen-bond acceptors (Lipinski definition) is 6. The van der Waals surface area contributed by atoms with Gasteiger partial charge in [0.25, 0.3) is 5.89 Å². The Labute approximate surface area is 170 Å². The Morgan fingerprint density at radius 1 is 1.04 bits per heavy atom. The fourth-order valence-electron chi connectivity index (χ4n) is 2.58. The highest BCUT2D eigenvalue weighted by molar-refractivity contribution is 6.31. The molecule has 0 amide bonds. The van der Waals surface area contributed by atoms with Crippen molar-refractivity contribution >= 4 is 23.2 Å². The molecule has 0 aliphatic rings. The van der Waals surface area contributed by atoms with Gasteiger partial charge in [-0.3, -0.25) is 0 Å². The second-order valence-electron chi connectivity index (χ2n) is 5.71. The molecule has 0 radical (unpaired) electrons. The average molecular weight is 417 g/mol. The summed E-state index contributed by atoms with van der Waals surface area (Å²) in [6, 6.07) is 14.0. The number of benzene rings is 2. The van der Waals surface area contributed by atoms with E-state index in [1.807, 2.05) is 0 Å². The summed E-state index contributed by atoms with van der Waals surface area (Å²) in [4.78, 5) is 4.45. The summed E-state index contributed by atoms with van der Waals surface area (Å²) in [5.74, 6) is 1.92. The molecular formula is C19H14Cl2N4O3. The zero-order valence-electron chi connectivity index (χ0n) is 14.7. The summed E-state index contributed by atoms with van der Waals surface area (Å²) in [6.07, 6.45) is 1.63. The van der Waals surface area contributed by atoms with E-state index in [0.717, 1.165) is 0 Å². The van der Waals surface area contributed by atoms with Gasteiger partial charge < -0.3 is 14.0 Å². The van der Waals surface area contributed by atoms with Crippen LogP contribution in [0.1, 0.15) is 0 Å². The Morgan fingerprint density at radius 3 is 2.61 bits per heavy atom. The second kappa shape index (κ2) is 7.92. The number of aromatic nitrogens is 4. The molecule has 0 atom stereocenters. The van der Waals surface area contributed by atoms with Crippen LogP contribution in [0.15, 0.2) is 59.3 Å². The van der Waals surface area contributed by atoms with Crippen molar-refractivity contribution in [2.45, 2.75) is 6.73 Å². The highest BCUT2D eigenvalue weighted by Crippen LogP contribution is 2.32. The van der Waals surface area contributed by atoms with E-state index in [9.17, 15) is 0 Å². The van der Waals surface area contributed by atoms with Gasteiger partial charge in [-0.25, -0.2) is 4.68 Å². The van der Waals surface area contributed by atoms with Gasteiger partial charge in [0.15, 0.2) is 6.73 Å². The van der Waals surface area contributed by atoms with E-state index in [4.69, 9.17) is 37.2 Å². The quantitative estimate of drug-likeness (QED) is 0.442. The van der Waals surface area contributed by atoms with Crippen LogP contribution >= 0.6 is 23.2 Å². The SMILES string of the molecule is COc1ccc(Cl)cc1-c1noc(-c2ccnn2COc2ccc(Cl)cc2)n1. The predicted octanol–water partition coefficient (Wildman–Crippen LogP) is 4.95. The lowest BCUT2D eigenvalue weighted by Gasteiger charge is -2.08. The molecule has 0 unspecified atom stereocenters. The summed E-state index contributed by atoms with van der Waals surface area (Å²) in [7, 11) is 1.57. The lowest BCUT2D eigenvalue weighted by molar-refractivity contribution is 0.221. The topological polar surface area (TPSA) is 75.2 Å². The van der Waals surface area contributed by atoms with E-state index in [-0.39, 0.29) is 6.73 Å². The zero-order valence-corrected chi connectivity index (χ0v) is 16.2. The fraction of sp³-hybridized carbons (Fsp3) is 0.105. The molecule has 7 nitrogen and oxygen atoms in total. The molecular weight excluding hydrogens is 403 g/mol. The van der Waals surface area contributed by atoms with Crippen LogP contribution in [-0.4, -0.2) is 27.0 Å².